The quantitative estimate of drug-likeness (QED) is 0.881. The first-order valence-corrected chi connectivity index (χ1v) is 7.18. The Bertz CT molecular complexity index is 553. The third-order valence-corrected chi connectivity index (χ3v) is 3.69. The van der Waals surface area contributed by atoms with Crippen molar-refractivity contribution in [3.63, 3.8) is 0 Å². The lowest BCUT2D eigenvalue weighted by molar-refractivity contribution is 0.281. The minimum Gasteiger partial charge on any atom is -0.465 e. The normalized spacial score (nSPS) is 12.8. The van der Waals surface area contributed by atoms with Crippen molar-refractivity contribution in [1.29, 1.82) is 0 Å². The van der Waals surface area contributed by atoms with Crippen LogP contribution in [0.5, 0.6) is 0 Å². The molecule has 2 N–H and O–H groups in total. The second kappa shape index (κ2) is 6.93. The van der Waals surface area contributed by atoms with E-state index in [1.165, 1.54) is 0 Å². The Morgan fingerprint density at radius 2 is 2.00 bits per heavy atom. The van der Waals surface area contributed by atoms with Gasteiger partial charge in [0.05, 0.1) is 6.54 Å². The Morgan fingerprint density at radius 3 is 2.65 bits per heavy atom. The fraction of sp³-hybridized carbons (Fsp3) is 0.375. The van der Waals surface area contributed by atoms with Crippen molar-refractivity contribution in [3.05, 3.63) is 58.5 Å². The maximum atomic E-state index is 6.21. The van der Waals surface area contributed by atoms with Crippen molar-refractivity contribution in [2.45, 2.75) is 25.9 Å². The number of nitrogens with zero attached hydrogens (tertiary/aromatic N) is 1. The van der Waals surface area contributed by atoms with Gasteiger partial charge in [-0.05, 0) is 44.2 Å². The van der Waals surface area contributed by atoms with E-state index in [1.54, 1.807) is 0 Å². The predicted octanol–water partition coefficient (Wildman–Crippen LogP) is 3.76. The summed E-state index contributed by atoms with van der Waals surface area (Å²) in [5.41, 5.74) is 7.22. The van der Waals surface area contributed by atoms with Crippen LogP contribution >= 0.6 is 11.6 Å². The maximum Gasteiger partial charge on any atom is 0.118 e. The molecule has 0 aliphatic heterocycles. The van der Waals surface area contributed by atoms with E-state index >= 15 is 0 Å². The molecule has 0 aliphatic rings. The van der Waals surface area contributed by atoms with E-state index in [4.69, 9.17) is 21.8 Å². The van der Waals surface area contributed by atoms with Crippen LogP contribution in [0.1, 0.15) is 29.5 Å². The zero-order chi connectivity index (χ0) is 14.5. The summed E-state index contributed by atoms with van der Waals surface area (Å²) in [6.45, 7) is 3.64. The van der Waals surface area contributed by atoms with Crippen LogP contribution in [0.15, 0.2) is 40.8 Å². The lowest BCUT2D eigenvalue weighted by Crippen LogP contribution is -2.23. The Kier molecular flexibility index (Phi) is 5.24. The second-order valence-electron chi connectivity index (χ2n) is 5.17. The number of hydrogen-bond acceptors (Lipinski definition) is 3. The average molecular weight is 293 g/mol. The van der Waals surface area contributed by atoms with Crippen LogP contribution in [0.4, 0.5) is 0 Å². The molecule has 0 fully saturated rings. The summed E-state index contributed by atoms with van der Waals surface area (Å²) in [4.78, 5) is 2.20. The highest BCUT2D eigenvalue weighted by atomic mass is 35.5. The fourth-order valence-electron chi connectivity index (χ4n) is 2.21. The molecule has 20 heavy (non-hydrogen) atoms. The minimum atomic E-state index is -0.0375. The number of nitrogens with two attached hydrogens (primary N) is 1. The highest BCUT2D eigenvalue weighted by molar-refractivity contribution is 6.31. The average Bonchev–Trinajstić information content (AvgIpc) is 2.82. The molecule has 108 valence electrons. The van der Waals surface area contributed by atoms with E-state index in [0.29, 0.717) is 0 Å². The van der Waals surface area contributed by atoms with Gasteiger partial charge in [0.1, 0.15) is 11.5 Å². The van der Waals surface area contributed by atoms with E-state index in [0.717, 1.165) is 41.6 Å². The van der Waals surface area contributed by atoms with Gasteiger partial charge in [-0.25, -0.2) is 0 Å². The van der Waals surface area contributed by atoms with E-state index < -0.39 is 0 Å². The SMILES string of the molecule is Cc1ccc(CN(C)CCC(N)c2ccccc2Cl)o1. The first-order chi connectivity index (χ1) is 9.56. The van der Waals surface area contributed by atoms with Crippen LogP contribution < -0.4 is 5.73 Å². The molecule has 0 radical (unpaired) electrons. The standard InChI is InChI=1S/C16H21ClN2O/c1-12-7-8-13(20-12)11-19(2)10-9-16(18)14-5-3-4-6-15(14)17/h3-8,16H,9-11,18H2,1-2H3. The van der Waals surface area contributed by atoms with Crippen molar-refractivity contribution < 1.29 is 4.42 Å². The highest BCUT2D eigenvalue weighted by Crippen LogP contribution is 2.23. The summed E-state index contributed by atoms with van der Waals surface area (Å²) in [5, 5.41) is 0.740. The minimum absolute atomic E-state index is 0.0375. The Morgan fingerprint density at radius 1 is 1.25 bits per heavy atom. The van der Waals surface area contributed by atoms with Crippen molar-refractivity contribution >= 4 is 11.6 Å². The van der Waals surface area contributed by atoms with Crippen LogP contribution in [0.25, 0.3) is 0 Å². The topological polar surface area (TPSA) is 42.4 Å². The van der Waals surface area contributed by atoms with Crippen molar-refractivity contribution in [2.75, 3.05) is 13.6 Å². The maximum absolute atomic E-state index is 6.21. The monoisotopic (exact) mass is 292 g/mol. The second-order valence-corrected chi connectivity index (χ2v) is 5.57. The van der Waals surface area contributed by atoms with Crippen LogP contribution in [0, 0.1) is 6.92 Å². The van der Waals surface area contributed by atoms with Gasteiger partial charge in [-0.15, -0.1) is 0 Å². The third kappa shape index (κ3) is 4.10. The Labute approximate surface area is 125 Å². The van der Waals surface area contributed by atoms with Crippen LogP contribution in [-0.4, -0.2) is 18.5 Å². The molecule has 0 aliphatic carbocycles. The summed E-state index contributed by atoms with van der Waals surface area (Å²) in [7, 11) is 2.07. The zero-order valence-electron chi connectivity index (χ0n) is 12.0. The molecule has 1 aromatic carbocycles. The Hall–Kier alpha value is -1.29. The number of halogens is 1. The van der Waals surface area contributed by atoms with E-state index in [2.05, 4.69) is 11.9 Å². The van der Waals surface area contributed by atoms with E-state index in [1.807, 2.05) is 43.3 Å². The number of hydrogen-bond donors (Lipinski definition) is 1. The van der Waals surface area contributed by atoms with Gasteiger partial charge in [0, 0.05) is 17.6 Å². The molecule has 1 atom stereocenters. The van der Waals surface area contributed by atoms with Crippen LogP contribution in [0.2, 0.25) is 5.02 Å². The van der Waals surface area contributed by atoms with Gasteiger partial charge in [0.15, 0.2) is 0 Å². The number of benzene rings is 1. The number of rotatable bonds is 6. The molecule has 0 amide bonds. The molecular weight excluding hydrogens is 272 g/mol. The van der Waals surface area contributed by atoms with Crippen LogP contribution in [-0.2, 0) is 6.54 Å². The molecule has 2 aromatic rings. The number of aryl methyl sites for hydroxylation is 1. The predicted molar refractivity (Wildman–Crippen MR) is 82.8 cm³/mol. The van der Waals surface area contributed by atoms with Gasteiger partial charge in [-0.3, -0.25) is 4.90 Å². The number of furan rings is 1. The molecule has 4 heteroatoms. The first-order valence-electron chi connectivity index (χ1n) is 6.80. The molecule has 2 rings (SSSR count). The summed E-state index contributed by atoms with van der Waals surface area (Å²) in [6.07, 6.45) is 0.861. The smallest absolute Gasteiger partial charge is 0.118 e. The van der Waals surface area contributed by atoms with E-state index in [9.17, 15) is 0 Å². The lowest BCUT2D eigenvalue weighted by atomic mass is 10.0. The fourth-order valence-corrected chi connectivity index (χ4v) is 2.48. The summed E-state index contributed by atoms with van der Waals surface area (Å²) in [5.74, 6) is 1.93. The molecule has 1 heterocycles. The van der Waals surface area contributed by atoms with Crippen molar-refractivity contribution in [2.24, 2.45) is 5.73 Å². The highest BCUT2D eigenvalue weighted by Gasteiger charge is 2.11. The largest absolute Gasteiger partial charge is 0.465 e. The lowest BCUT2D eigenvalue weighted by Gasteiger charge is -2.19. The Balaban J connectivity index is 1.84. The van der Waals surface area contributed by atoms with Gasteiger partial charge < -0.3 is 10.2 Å². The van der Waals surface area contributed by atoms with Gasteiger partial charge in [-0.2, -0.15) is 0 Å². The molecule has 0 spiro atoms. The summed E-state index contributed by atoms with van der Waals surface area (Å²) >= 11 is 6.16. The molecule has 0 bridgehead atoms. The molecule has 3 nitrogen and oxygen atoms in total. The summed E-state index contributed by atoms with van der Waals surface area (Å²) < 4.78 is 5.57. The van der Waals surface area contributed by atoms with Gasteiger partial charge in [0.2, 0.25) is 0 Å². The van der Waals surface area contributed by atoms with E-state index in [-0.39, 0.29) is 6.04 Å². The van der Waals surface area contributed by atoms with Gasteiger partial charge >= 0.3 is 0 Å². The molecule has 1 aromatic heterocycles. The summed E-state index contributed by atoms with van der Waals surface area (Å²) in [6, 6.07) is 11.7. The third-order valence-electron chi connectivity index (χ3n) is 3.35. The van der Waals surface area contributed by atoms with Gasteiger partial charge in [0.25, 0.3) is 0 Å². The van der Waals surface area contributed by atoms with Crippen molar-refractivity contribution in [1.82, 2.24) is 4.90 Å². The molecular formula is C16H21ClN2O. The van der Waals surface area contributed by atoms with Crippen molar-refractivity contribution in [3.8, 4) is 0 Å². The zero-order valence-corrected chi connectivity index (χ0v) is 12.7. The molecule has 1 unspecified atom stereocenters. The molecule has 0 saturated carbocycles. The first kappa shape index (κ1) is 15.1. The van der Waals surface area contributed by atoms with Gasteiger partial charge in [-0.1, -0.05) is 29.8 Å². The molecule has 0 saturated heterocycles. The van der Waals surface area contributed by atoms with Crippen LogP contribution in [0.3, 0.4) is 0 Å².